The molecule has 21 heavy (non-hydrogen) atoms. The first-order chi connectivity index (χ1) is 9.90. The van der Waals surface area contributed by atoms with Gasteiger partial charge in [-0.25, -0.2) is 0 Å². The number of carbonyl (C=O) groups is 1. The zero-order valence-corrected chi connectivity index (χ0v) is 10.7. The summed E-state index contributed by atoms with van der Waals surface area (Å²) >= 11 is 0. The number of halogens is 3. The fourth-order valence-electron chi connectivity index (χ4n) is 1.75. The molecule has 0 saturated heterocycles. The van der Waals surface area contributed by atoms with Gasteiger partial charge in [0.1, 0.15) is 0 Å². The largest absolute Gasteiger partial charge is 0.416 e. The number of ketones is 1. The molecule has 2 rings (SSSR count). The first-order valence-electron chi connectivity index (χ1n) is 5.95. The molecule has 1 aromatic heterocycles. The molecule has 1 aromatic carbocycles. The summed E-state index contributed by atoms with van der Waals surface area (Å²) in [7, 11) is 0. The smallest absolute Gasteiger partial charge is 0.294 e. The maximum Gasteiger partial charge on any atom is 0.416 e. The first-order valence-corrected chi connectivity index (χ1v) is 5.95. The zero-order valence-electron chi connectivity index (χ0n) is 10.7. The van der Waals surface area contributed by atoms with E-state index in [0.29, 0.717) is 11.1 Å². The van der Waals surface area contributed by atoms with Gasteiger partial charge in [0.05, 0.1) is 23.6 Å². The molecular weight excluding hydrogens is 281 g/mol. The number of pyridine rings is 1. The summed E-state index contributed by atoms with van der Waals surface area (Å²) in [5.41, 5.74) is -0.0451. The predicted molar refractivity (Wildman–Crippen MR) is 68.4 cm³/mol. The predicted octanol–water partition coefficient (Wildman–Crippen LogP) is 3.40. The van der Waals surface area contributed by atoms with Gasteiger partial charge in [-0.1, -0.05) is 12.1 Å². The van der Waals surface area contributed by atoms with Crippen LogP contribution in [0.2, 0.25) is 0 Å². The summed E-state index contributed by atoms with van der Waals surface area (Å²) in [4.78, 5) is 15.7. The van der Waals surface area contributed by atoms with Crippen LogP contribution in [-0.4, -0.2) is 10.8 Å². The second kappa shape index (κ2) is 5.75. The number of hydrogen-bond donors (Lipinski definition) is 0. The molecule has 2 aromatic rings. The second-order valence-corrected chi connectivity index (χ2v) is 4.32. The summed E-state index contributed by atoms with van der Waals surface area (Å²) in [6, 6.07) is 9.53. The topological polar surface area (TPSA) is 53.8 Å². The van der Waals surface area contributed by atoms with Crippen LogP contribution in [0.4, 0.5) is 13.2 Å². The third-order valence-electron chi connectivity index (χ3n) is 2.82. The SMILES string of the molecule is N#Cc1ccc(C(=O)Cc2cc(C(F)(F)F)ccn2)cc1. The molecule has 1 heterocycles. The van der Waals surface area contributed by atoms with E-state index < -0.39 is 11.7 Å². The Kier molecular flexibility index (Phi) is 4.03. The van der Waals surface area contributed by atoms with Crippen LogP contribution in [0.1, 0.15) is 27.2 Å². The van der Waals surface area contributed by atoms with Crippen LogP contribution in [0.15, 0.2) is 42.6 Å². The Morgan fingerprint density at radius 1 is 1.19 bits per heavy atom. The molecule has 106 valence electrons. The number of rotatable bonds is 3. The molecule has 0 aliphatic heterocycles. The van der Waals surface area contributed by atoms with Gasteiger partial charge in [0.25, 0.3) is 0 Å². The van der Waals surface area contributed by atoms with Gasteiger partial charge < -0.3 is 0 Å². The number of nitrogens with zero attached hydrogens (tertiary/aromatic N) is 2. The average molecular weight is 290 g/mol. The van der Waals surface area contributed by atoms with Crippen LogP contribution in [0.5, 0.6) is 0 Å². The van der Waals surface area contributed by atoms with Crippen molar-refractivity contribution in [3.8, 4) is 6.07 Å². The van der Waals surface area contributed by atoms with E-state index in [2.05, 4.69) is 4.98 Å². The van der Waals surface area contributed by atoms with E-state index in [0.717, 1.165) is 18.3 Å². The highest BCUT2D eigenvalue weighted by molar-refractivity contribution is 5.97. The minimum Gasteiger partial charge on any atom is -0.294 e. The van der Waals surface area contributed by atoms with Crippen molar-refractivity contribution in [1.29, 1.82) is 5.26 Å². The Morgan fingerprint density at radius 3 is 2.43 bits per heavy atom. The summed E-state index contributed by atoms with van der Waals surface area (Å²) in [5.74, 6) is -0.355. The molecular formula is C15H9F3N2O. The number of alkyl halides is 3. The maximum absolute atomic E-state index is 12.6. The lowest BCUT2D eigenvalue weighted by atomic mass is 10.0. The highest BCUT2D eigenvalue weighted by Gasteiger charge is 2.30. The van der Waals surface area contributed by atoms with Gasteiger partial charge in [-0.05, 0) is 24.3 Å². The molecule has 6 heteroatoms. The van der Waals surface area contributed by atoms with Gasteiger partial charge in [0.2, 0.25) is 0 Å². The summed E-state index contributed by atoms with van der Waals surface area (Å²) in [6.07, 6.45) is -3.66. The van der Waals surface area contributed by atoms with E-state index in [4.69, 9.17) is 5.26 Å². The molecule has 0 aliphatic rings. The molecule has 0 aliphatic carbocycles. The molecule has 0 saturated carbocycles. The molecule has 0 N–H and O–H groups in total. The van der Waals surface area contributed by atoms with Crippen molar-refractivity contribution in [3.63, 3.8) is 0 Å². The Bertz CT molecular complexity index is 700. The number of benzene rings is 1. The van der Waals surface area contributed by atoms with E-state index in [-0.39, 0.29) is 17.9 Å². The van der Waals surface area contributed by atoms with E-state index in [1.165, 1.54) is 24.3 Å². The van der Waals surface area contributed by atoms with Crippen LogP contribution in [0.3, 0.4) is 0 Å². The average Bonchev–Trinajstić information content (AvgIpc) is 2.47. The lowest BCUT2D eigenvalue weighted by molar-refractivity contribution is -0.137. The van der Waals surface area contributed by atoms with Crippen molar-refractivity contribution in [2.24, 2.45) is 0 Å². The Balaban J connectivity index is 2.18. The van der Waals surface area contributed by atoms with Crippen molar-refractivity contribution < 1.29 is 18.0 Å². The number of aromatic nitrogens is 1. The quantitative estimate of drug-likeness (QED) is 0.814. The van der Waals surface area contributed by atoms with Crippen LogP contribution in [0.25, 0.3) is 0 Å². The summed E-state index contributed by atoms with van der Waals surface area (Å²) in [5, 5.41) is 8.66. The number of carbonyl (C=O) groups excluding carboxylic acids is 1. The number of Topliss-reactive ketones (excluding diaryl/α,β-unsaturated/α-hetero) is 1. The molecule has 0 unspecified atom stereocenters. The van der Waals surface area contributed by atoms with Gasteiger partial charge in [0.15, 0.2) is 5.78 Å². The number of nitriles is 1. The summed E-state index contributed by atoms with van der Waals surface area (Å²) < 4.78 is 37.7. The van der Waals surface area contributed by atoms with E-state index >= 15 is 0 Å². The van der Waals surface area contributed by atoms with Crippen LogP contribution in [-0.2, 0) is 12.6 Å². The minimum absolute atomic E-state index is 0.0548. The van der Waals surface area contributed by atoms with Crippen molar-refractivity contribution in [1.82, 2.24) is 4.98 Å². The van der Waals surface area contributed by atoms with Crippen molar-refractivity contribution in [3.05, 3.63) is 65.0 Å². The van der Waals surface area contributed by atoms with E-state index in [9.17, 15) is 18.0 Å². The van der Waals surface area contributed by atoms with E-state index in [1.807, 2.05) is 6.07 Å². The molecule has 0 fully saturated rings. The fraction of sp³-hybridized carbons (Fsp3) is 0.133. The molecule has 0 amide bonds. The standard InChI is InChI=1S/C15H9F3N2O/c16-15(17,18)12-5-6-20-13(7-12)8-14(21)11-3-1-10(9-19)2-4-11/h1-7H,8H2. The van der Waals surface area contributed by atoms with Gasteiger partial charge in [0, 0.05) is 17.5 Å². The normalized spacial score (nSPS) is 11.0. The van der Waals surface area contributed by atoms with Crippen LogP contribution < -0.4 is 0 Å². The molecule has 0 bridgehead atoms. The van der Waals surface area contributed by atoms with Gasteiger partial charge in [-0.3, -0.25) is 9.78 Å². The molecule has 0 spiro atoms. The number of hydrogen-bond acceptors (Lipinski definition) is 3. The van der Waals surface area contributed by atoms with Crippen molar-refractivity contribution >= 4 is 5.78 Å². The lowest BCUT2D eigenvalue weighted by Crippen LogP contribution is -2.09. The van der Waals surface area contributed by atoms with Gasteiger partial charge >= 0.3 is 6.18 Å². The molecule has 0 radical (unpaired) electrons. The third-order valence-corrected chi connectivity index (χ3v) is 2.82. The molecule has 0 atom stereocenters. The van der Waals surface area contributed by atoms with Gasteiger partial charge in [-0.15, -0.1) is 0 Å². The van der Waals surface area contributed by atoms with Crippen LogP contribution >= 0.6 is 0 Å². The highest BCUT2D eigenvalue weighted by atomic mass is 19.4. The lowest BCUT2D eigenvalue weighted by Gasteiger charge is -2.07. The third kappa shape index (κ3) is 3.66. The monoisotopic (exact) mass is 290 g/mol. The maximum atomic E-state index is 12.6. The van der Waals surface area contributed by atoms with E-state index in [1.54, 1.807) is 0 Å². The Morgan fingerprint density at radius 2 is 1.86 bits per heavy atom. The van der Waals surface area contributed by atoms with Gasteiger partial charge in [-0.2, -0.15) is 18.4 Å². The zero-order chi connectivity index (χ0) is 15.5. The Hall–Kier alpha value is -2.68. The van der Waals surface area contributed by atoms with Crippen molar-refractivity contribution in [2.45, 2.75) is 12.6 Å². The summed E-state index contributed by atoms with van der Waals surface area (Å²) in [6.45, 7) is 0. The molecule has 3 nitrogen and oxygen atoms in total. The first kappa shape index (κ1) is 14.7. The minimum atomic E-state index is -4.46. The second-order valence-electron chi connectivity index (χ2n) is 4.32. The Labute approximate surface area is 118 Å². The van der Waals surface area contributed by atoms with Crippen molar-refractivity contribution in [2.75, 3.05) is 0 Å². The fourth-order valence-corrected chi connectivity index (χ4v) is 1.75. The van der Waals surface area contributed by atoms with Crippen LogP contribution in [0, 0.1) is 11.3 Å². The highest BCUT2D eigenvalue weighted by Crippen LogP contribution is 2.29.